The van der Waals surface area contributed by atoms with Crippen LogP contribution in [0, 0.1) is 0 Å². The van der Waals surface area contributed by atoms with Gasteiger partial charge in [0.1, 0.15) is 0 Å². The van der Waals surface area contributed by atoms with Gasteiger partial charge in [-0.2, -0.15) is 5.10 Å². The number of rotatable bonds is 6. The molecule has 0 atom stereocenters. The van der Waals surface area contributed by atoms with Gasteiger partial charge in [-0.3, -0.25) is 4.68 Å². The van der Waals surface area contributed by atoms with Gasteiger partial charge in [0.15, 0.2) is 11.5 Å². The van der Waals surface area contributed by atoms with Crippen LogP contribution in [0.4, 0.5) is 0 Å². The zero-order valence-electron chi connectivity index (χ0n) is 11.3. The minimum absolute atomic E-state index is 0.175. The number of nitrogens with zero attached hydrogens (tertiary/aromatic N) is 2. The van der Waals surface area contributed by atoms with Crippen LogP contribution < -0.4 is 10.1 Å². The van der Waals surface area contributed by atoms with Gasteiger partial charge in [-0.15, -0.1) is 0 Å². The highest BCUT2D eigenvalue weighted by atomic mass is 16.5. The summed E-state index contributed by atoms with van der Waals surface area (Å²) in [4.78, 5) is 0. The molecular formula is C14H19N3O2. The van der Waals surface area contributed by atoms with E-state index in [1.807, 2.05) is 25.5 Å². The summed E-state index contributed by atoms with van der Waals surface area (Å²) < 4.78 is 6.81. The van der Waals surface area contributed by atoms with Gasteiger partial charge in [0.25, 0.3) is 0 Å². The predicted molar refractivity (Wildman–Crippen MR) is 73.3 cm³/mol. The predicted octanol–water partition coefficient (Wildman–Crippen LogP) is 1.47. The van der Waals surface area contributed by atoms with E-state index in [1.54, 1.807) is 23.9 Å². The molecule has 0 aliphatic rings. The van der Waals surface area contributed by atoms with E-state index >= 15 is 0 Å². The number of nitrogens with one attached hydrogen (secondary N) is 1. The fourth-order valence-corrected chi connectivity index (χ4v) is 1.91. The number of phenols is 1. The van der Waals surface area contributed by atoms with E-state index in [1.165, 1.54) is 5.56 Å². The van der Waals surface area contributed by atoms with Crippen LogP contribution in [0.5, 0.6) is 11.5 Å². The summed E-state index contributed by atoms with van der Waals surface area (Å²) in [5.41, 5.74) is 2.25. The first-order valence-corrected chi connectivity index (χ1v) is 6.23. The highest BCUT2D eigenvalue weighted by Gasteiger charge is 2.02. The fourth-order valence-electron chi connectivity index (χ4n) is 1.91. The van der Waals surface area contributed by atoms with Crippen molar-refractivity contribution in [1.29, 1.82) is 0 Å². The molecule has 0 unspecified atom stereocenters. The SMILES string of the molecule is COc1ccc(CNCCc2cnn(C)c2)cc1O. The zero-order valence-corrected chi connectivity index (χ0v) is 11.3. The third-order valence-electron chi connectivity index (χ3n) is 2.92. The van der Waals surface area contributed by atoms with Gasteiger partial charge in [-0.1, -0.05) is 6.07 Å². The number of aromatic nitrogens is 2. The van der Waals surface area contributed by atoms with Crippen molar-refractivity contribution in [1.82, 2.24) is 15.1 Å². The minimum Gasteiger partial charge on any atom is -0.504 e. The normalized spacial score (nSPS) is 10.6. The summed E-state index contributed by atoms with van der Waals surface area (Å²) >= 11 is 0. The van der Waals surface area contributed by atoms with Gasteiger partial charge in [0.2, 0.25) is 0 Å². The summed E-state index contributed by atoms with van der Waals surface area (Å²) in [5, 5.41) is 17.1. The van der Waals surface area contributed by atoms with Crippen molar-refractivity contribution in [3.05, 3.63) is 41.7 Å². The third kappa shape index (κ3) is 3.72. The molecule has 2 rings (SSSR count). The summed E-state index contributed by atoms with van der Waals surface area (Å²) in [6, 6.07) is 5.43. The fraction of sp³-hybridized carbons (Fsp3) is 0.357. The van der Waals surface area contributed by atoms with Gasteiger partial charge < -0.3 is 15.2 Å². The molecule has 0 saturated carbocycles. The van der Waals surface area contributed by atoms with E-state index in [-0.39, 0.29) is 5.75 Å². The molecule has 2 aromatic rings. The lowest BCUT2D eigenvalue weighted by atomic mass is 10.2. The molecule has 0 radical (unpaired) electrons. The molecule has 0 saturated heterocycles. The van der Waals surface area contributed by atoms with Crippen molar-refractivity contribution in [3.8, 4) is 11.5 Å². The Morgan fingerprint density at radius 2 is 2.21 bits per heavy atom. The average Bonchev–Trinajstić information content (AvgIpc) is 2.81. The third-order valence-corrected chi connectivity index (χ3v) is 2.92. The molecule has 2 N–H and O–H groups in total. The van der Waals surface area contributed by atoms with E-state index in [2.05, 4.69) is 10.4 Å². The van der Waals surface area contributed by atoms with Gasteiger partial charge in [-0.05, 0) is 36.2 Å². The first-order chi connectivity index (χ1) is 9.19. The Kier molecular flexibility index (Phi) is 4.41. The minimum atomic E-state index is 0.175. The number of hydrogen-bond donors (Lipinski definition) is 2. The monoisotopic (exact) mass is 261 g/mol. The smallest absolute Gasteiger partial charge is 0.160 e. The van der Waals surface area contributed by atoms with Crippen LogP contribution in [0.15, 0.2) is 30.6 Å². The molecule has 0 bridgehead atoms. The van der Waals surface area contributed by atoms with Crippen molar-refractivity contribution < 1.29 is 9.84 Å². The summed E-state index contributed by atoms with van der Waals surface area (Å²) in [6.07, 6.45) is 4.83. The number of aromatic hydroxyl groups is 1. The number of hydrogen-bond acceptors (Lipinski definition) is 4. The topological polar surface area (TPSA) is 59.3 Å². The summed E-state index contributed by atoms with van der Waals surface area (Å²) in [5.74, 6) is 0.674. The standard InChI is InChI=1S/C14H19N3O2/c1-17-10-12(9-16-17)5-6-15-8-11-3-4-14(19-2)13(18)7-11/h3-4,7,9-10,15,18H,5-6,8H2,1-2H3. The summed E-state index contributed by atoms with van der Waals surface area (Å²) in [7, 11) is 3.46. The van der Waals surface area contributed by atoms with Crippen LogP contribution >= 0.6 is 0 Å². The summed E-state index contributed by atoms with van der Waals surface area (Å²) in [6.45, 7) is 1.59. The zero-order chi connectivity index (χ0) is 13.7. The molecule has 1 aromatic carbocycles. The Morgan fingerprint density at radius 3 is 2.84 bits per heavy atom. The molecule has 0 aliphatic heterocycles. The molecule has 0 aliphatic carbocycles. The second-order valence-electron chi connectivity index (χ2n) is 4.46. The second-order valence-corrected chi connectivity index (χ2v) is 4.46. The molecule has 1 heterocycles. The van der Waals surface area contributed by atoms with Crippen LogP contribution in [0.3, 0.4) is 0 Å². The molecule has 19 heavy (non-hydrogen) atoms. The van der Waals surface area contributed by atoms with Crippen molar-refractivity contribution in [2.45, 2.75) is 13.0 Å². The van der Waals surface area contributed by atoms with Crippen molar-refractivity contribution in [2.24, 2.45) is 7.05 Å². The van der Waals surface area contributed by atoms with E-state index in [4.69, 9.17) is 4.74 Å². The number of phenolic OH excluding ortho intramolecular Hbond substituents is 1. The Morgan fingerprint density at radius 1 is 1.37 bits per heavy atom. The molecule has 102 valence electrons. The molecule has 1 aromatic heterocycles. The number of methoxy groups -OCH3 is 1. The largest absolute Gasteiger partial charge is 0.504 e. The van der Waals surface area contributed by atoms with Crippen molar-refractivity contribution >= 4 is 0 Å². The van der Waals surface area contributed by atoms with Crippen LogP contribution in [-0.2, 0) is 20.0 Å². The lowest BCUT2D eigenvalue weighted by Gasteiger charge is -2.07. The maximum atomic E-state index is 9.66. The van der Waals surface area contributed by atoms with Gasteiger partial charge >= 0.3 is 0 Å². The van der Waals surface area contributed by atoms with E-state index in [0.29, 0.717) is 5.75 Å². The molecular weight excluding hydrogens is 242 g/mol. The maximum Gasteiger partial charge on any atom is 0.160 e. The van der Waals surface area contributed by atoms with Crippen molar-refractivity contribution in [3.63, 3.8) is 0 Å². The second kappa shape index (κ2) is 6.24. The number of aryl methyl sites for hydroxylation is 1. The van der Waals surface area contributed by atoms with Gasteiger partial charge in [0.05, 0.1) is 13.3 Å². The maximum absolute atomic E-state index is 9.66. The van der Waals surface area contributed by atoms with E-state index in [9.17, 15) is 5.11 Å². The first kappa shape index (κ1) is 13.4. The number of ether oxygens (including phenoxy) is 1. The molecule has 5 heteroatoms. The Balaban J connectivity index is 1.78. The van der Waals surface area contributed by atoms with E-state index in [0.717, 1.165) is 25.1 Å². The van der Waals surface area contributed by atoms with Crippen LogP contribution in [0.2, 0.25) is 0 Å². The van der Waals surface area contributed by atoms with E-state index < -0.39 is 0 Å². The Bertz CT molecular complexity index is 537. The van der Waals surface area contributed by atoms with Crippen LogP contribution in [0.25, 0.3) is 0 Å². The highest BCUT2D eigenvalue weighted by Crippen LogP contribution is 2.25. The molecule has 0 spiro atoms. The Labute approximate surface area is 112 Å². The van der Waals surface area contributed by atoms with Gasteiger partial charge in [-0.25, -0.2) is 0 Å². The Hall–Kier alpha value is -2.01. The van der Waals surface area contributed by atoms with Crippen LogP contribution in [-0.4, -0.2) is 28.5 Å². The lowest BCUT2D eigenvalue weighted by Crippen LogP contribution is -2.16. The quantitative estimate of drug-likeness (QED) is 0.773. The average molecular weight is 261 g/mol. The molecule has 5 nitrogen and oxygen atoms in total. The molecule has 0 amide bonds. The number of benzene rings is 1. The lowest BCUT2D eigenvalue weighted by molar-refractivity contribution is 0.373. The first-order valence-electron chi connectivity index (χ1n) is 6.23. The highest BCUT2D eigenvalue weighted by molar-refractivity contribution is 5.41. The molecule has 0 fully saturated rings. The van der Waals surface area contributed by atoms with Crippen molar-refractivity contribution in [2.75, 3.05) is 13.7 Å². The van der Waals surface area contributed by atoms with Gasteiger partial charge in [0, 0.05) is 19.8 Å². The van der Waals surface area contributed by atoms with Crippen LogP contribution in [0.1, 0.15) is 11.1 Å².